The number of anilines is 2. The van der Waals surface area contributed by atoms with E-state index in [2.05, 4.69) is 39.9 Å². The second-order valence-electron chi connectivity index (χ2n) is 3.49. The molecule has 78 valence electrons. The molecule has 0 fully saturated rings. The summed E-state index contributed by atoms with van der Waals surface area (Å²) in [7, 11) is 0. The normalized spacial score (nSPS) is 10.5. The average Bonchev–Trinajstić information content (AvgIpc) is 2.74. The monoisotopic (exact) mass is 226 g/mol. The molecule has 2 nitrogen and oxygen atoms in total. The first-order valence-electron chi connectivity index (χ1n) is 5.08. The first kappa shape index (κ1) is 9.36. The van der Waals surface area contributed by atoms with Crippen molar-refractivity contribution in [2.45, 2.75) is 0 Å². The summed E-state index contributed by atoms with van der Waals surface area (Å²) < 4.78 is 1.29. The molecule has 0 bridgehead atoms. The molecule has 1 N–H and O–H groups in total. The minimum atomic E-state index is 0.881. The molecule has 0 spiro atoms. The lowest BCUT2D eigenvalue weighted by atomic mass is 10.2. The molecule has 0 amide bonds. The van der Waals surface area contributed by atoms with Crippen molar-refractivity contribution >= 4 is 32.9 Å². The number of benzene rings is 1. The van der Waals surface area contributed by atoms with Crippen molar-refractivity contribution in [3.8, 4) is 0 Å². The largest absolute Gasteiger partial charge is 0.339 e. The topological polar surface area (TPSA) is 24.9 Å². The number of rotatable bonds is 2. The summed E-state index contributed by atoms with van der Waals surface area (Å²) in [5, 5.41) is 6.70. The zero-order valence-corrected chi connectivity index (χ0v) is 9.37. The van der Waals surface area contributed by atoms with Crippen LogP contribution in [0.15, 0.2) is 54.0 Å². The molecule has 3 rings (SSSR count). The number of hydrogen-bond donors (Lipinski definition) is 1. The predicted molar refractivity (Wildman–Crippen MR) is 69.3 cm³/mol. The molecule has 0 aliphatic heterocycles. The van der Waals surface area contributed by atoms with Gasteiger partial charge in [0.05, 0.1) is 5.69 Å². The smallest absolute Gasteiger partial charge is 0.130 e. The highest BCUT2D eigenvalue weighted by Gasteiger charge is 2.02. The molecular formula is C13H10N2S. The van der Waals surface area contributed by atoms with E-state index in [4.69, 9.17) is 0 Å². The van der Waals surface area contributed by atoms with Crippen LogP contribution in [-0.4, -0.2) is 4.98 Å². The van der Waals surface area contributed by atoms with Gasteiger partial charge in [0.25, 0.3) is 0 Å². The van der Waals surface area contributed by atoms with E-state index >= 15 is 0 Å². The third kappa shape index (κ3) is 1.66. The Morgan fingerprint density at radius 1 is 1.00 bits per heavy atom. The highest BCUT2D eigenvalue weighted by atomic mass is 32.1. The number of nitrogens with one attached hydrogen (secondary N) is 1. The fourth-order valence-electron chi connectivity index (χ4n) is 1.65. The first-order chi connectivity index (χ1) is 7.93. The molecule has 0 aliphatic carbocycles. The van der Waals surface area contributed by atoms with Crippen molar-refractivity contribution in [3.05, 3.63) is 54.0 Å². The van der Waals surface area contributed by atoms with Gasteiger partial charge in [-0.05, 0) is 18.2 Å². The summed E-state index contributed by atoms with van der Waals surface area (Å²) in [5.41, 5.74) is 1.12. The van der Waals surface area contributed by atoms with Crippen molar-refractivity contribution in [1.29, 1.82) is 0 Å². The van der Waals surface area contributed by atoms with Crippen LogP contribution in [0.1, 0.15) is 0 Å². The minimum Gasteiger partial charge on any atom is -0.339 e. The highest BCUT2D eigenvalue weighted by molar-refractivity contribution is 7.17. The van der Waals surface area contributed by atoms with Gasteiger partial charge in [0.15, 0.2) is 0 Å². The number of hydrogen-bond acceptors (Lipinski definition) is 3. The van der Waals surface area contributed by atoms with Crippen molar-refractivity contribution < 1.29 is 0 Å². The molecule has 2 aromatic heterocycles. The average molecular weight is 226 g/mol. The summed E-state index contributed by atoms with van der Waals surface area (Å²) in [6.45, 7) is 0. The number of fused-ring (bicyclic) bond motifs is 1. The Morgan fingerprint density at radius 3 is 2.75 bits per heavy atom. The van der Waals surface area contributed by atoms with Gasteiger partial charge < -0.3 is 5.32 Å². The number of pyridine rings is 1. The van der Waals surface area contributed by atoms with Gasteiger partial charge in [0.2, 0.25) is 0 Å². The highest BCUT2D eigenvalue weighted by Crippen LogP contribution is 2.31. The van der Waals surface area contributed by atoms with Crippen molar-refractivity contribution in [2.75, 3.05) is 5.32 Å². The van der Waals surface area contributed by atoms with Crippen LogP contribution in [0.25, 0.3) is 10.1 Å². The maximum atomic E-state index is 4.25. The number of nitrogens with zero attached hydrogens (tertiary/aromatic N) is 1. The van der Waals surface area contributed by atoms with Gasteiger partial charge in [-0.1, -0.05) is 24.3 Å². The van der Waals surface area contributed by atoms with Crippen LogP contribution in [0.5, 0.6) is 0 Å². The third-order valence-electron chi connectivity index (χ3n) is 2.41. The zero-order valence-electron chi connectivity index (χ0n) is 8.55. The van der Waals surface area contributed by atoms with Crippen LogP contribution >= 0.6 is 11.3 Å². The van der Waals surface area contributed by atoms with Crippen LogP contribution in [-0.2, 0) is 0 Å². The van der Waals surface area contributed by atoms with Crippen molar-refractivity contribution in [3.63, 3.8) is 0 Å². The summed E-state index contributed by atoms with van der Waals surface area (Å²) in [6, 6.07) is 14.2. The van der Waals surface area contributed by atoms with Crippen LogP contribution < -0.4 is 5.32 Å². The Bertz CT molecular complexity index is 601. The predicted octanol–water partition coefficient (Wildman–Crippen LogP) is 4.04. The third-order valence-corrected chi connectivity index (χ3v) is 3.37. The molecule has 0 aliphatic rings. The van der Waals surface area contributed by atoms with Crippen molar-refractivity contribution in [1.82, 2.24) is 4.98 Å². The van der Waals surface area contributed by atoms with E-state index < -0.39 is 0 Å². The lowest BCUT2D eigenvalue weighted by Crippen LogP contribution is -1.90. The van der Waals surface area contributed by atoms with Gasteiger partial charge in [-0.2, -0.15) is 0 Å². The molecule has 0 atom stereocenters. The quantitative estimate of drug-likeness (QED) is 0.713. The van der Waals surface area contributed by atoms with Crippen molar-refractivity contribution in [2.24, 2.45) is 0 Å². The molecule has 3 heteroatoms. The molecule has 16 heavy (non-hydrogen) atoms. The van der Waals surface area contributed by atoms with E-state index in [0.29, 0.717) is 0 Å². The van der Waals surface area contributed by atoms with Crippen LogP contribution in [0.3, 0.4) is 0 Å². The minimum absolute atomic E-state index is 0.881. The maximum absolute atomic E-state index is 4.25. The molecular weight excluding hydrogens is 216 g/mol. The summed E-state index contributed by atoms with van der Waals surface area (Å²) in [4.78, 5) is 4.25. The van der Waals surface area contributed by atoms with Gasteiger partial charge in [-0.3, -0.25) is 0 Å². The molecule has 0 saturated heterocycles. The van der Waals surface area contributed by atoms with Crippen LogP contribution in [0.4, 0.5) is 11.5 Å². The lowest BCUT2D eigenvalue weighted by molar-refractivity contribution is 1.31. The fourth-order valence-corrected chi connectivity index (χ4v) is 2.54. The van der Waals surface area contributed by atoms with Gasteiger partial charge >= 0.3 is 0 Å². The van der Waals surface area contributed by atoms with Gasteiger partial charge in [0.1, 0.15) is 5.82 Å². The summed E-state index contributed by atoms with van der Waals surface area (Å²) in [5.74, 6) is 0.881. The molecule has 0 radical (unpaired) electrons. The summed E-state index contributed by atoms with van der Waals surface area (Å²) >= 11 is 1.74. The Balaban J connectivity index is 2.01. The Labute approximate surface area is 97.6 Å². The second-order valence-corrected chi connectivity index (χ2v) is 4.40. The number of aromatic nitrogens is 1. The Kier molecular flexibility index (Phi) is 2.31. The summed E-state index contributed by atoms with van der Waals surface area (Å²) in [6.07, 6.45) is 1.79. The van der Waals surface area contributed by atoms with E-state index in [1.165, 1.54) is 10.1 Å². The maximum Gasteiger partial charge on any atom is 0.130 e. The standard InChI is InChI=1S/C13H10N2S/c1-2-6-12-10(5-1)11(9-16-12)15-13-7-3-4-8-14-13/h1-9H,(H,14,15). The van der Waals surface area contributed by atoms with Crippen LogP contribution in [0.2, 0.25) is 0 Å². The Hall–Kier alpha value is -1.87. The molecule has 0 saturated carbocycles. The lowest BCUT2D eigenvalue weighted by Gasteiger charge is -2.02. The Morgan fingerprint density at radius 2 is 1.88 bits per heavy atom. The van der Waals surface area contributed by atoms with Gasteiger partial charge in [0, 0.05) is 21.7 Å². The van der Waals surface area contributed by atoms with E-state index in [0.717, 1.165) is 11.5 Å². The SMILES string of the molecule is c1ccc(Nc2csc3ccccc23)nc1. The van der Waals surface area contributed by atoms with Crippen LogP contribution in [0, 0.1) is 0 Å². The van der Waals surface area contributed by atoms with Gasteiger partial charge in [-0.25, -0.2) is 4.98 Å². The molecule has 3 aromatic rings. The fraction of sp³-hybridized carbons (Fsp3) is 0. The second kappa shape index (κ2) is 3.94. The van der Waals surface area contributed by atoms with E-state index in [-0.39, 0.29) is 0 Å². The van der Waals surface area contributed by atoms with E-state index in [1.54, 1.807) is 17.5 Å². The first-order valence-corrected chi connectivity index (χ1v) is 5.96. The molecule has 1 aromatic carbocycles. The molecule has 0 unspecified atom stereocenters. The van der Waals surface area contributed by atoms with E-state index in [1.807, 2.05) is 18.2 Å². The zero-order chi connectivity index (χ0) is 10.8. The van der Waals surface area contributed by atoms with Gasteiger partial charge in [-0.15, -0.1) is 11.3 Å². The number of thiophene rings is 1. The molecule has 2 heterocycles. The van der Waals surface area contributed by atoms with E-state index in [9.17, 15) is 0 Å².